The van der Waals surface area contributed by atoms with Crippen molar-refractivity contribution in [2.45, 2.75) is 32.9 Å². The number of rotatable bonds is 6. The molecule has 1 aromatic carbocycles. The summed E-state index contributed by atoms with van der Waals surface area (Å²) in [5.41, 5.74) is 9.40. The lowest BCUT2D eigenvalue weighted by Crippen LogP contribution is -2.48. The number of aromatic nitrogens is 4. The van der Waals surface area contributed by atoms with E-state index in [0.29, 0.717) is 29.0 Å². The average Bonchev–Trinajstić information content (AvgIpc) is 3.26. The fourth-order valence-electron chi connectivity index (χ4n) is 4.32. The number of amides is 1. The number of piperazine rings is 1. The quantitative estimate of drug-likeness (QED) is 0.379. The second-order valence-electron chi connectivity index (χ2n) is 9.20. The Morgan fingerprint density at radius 2 is 1.97 bits per heavy atom. The van der Waals surface area contributed by atoms with Crippen molar-refractivity contribution in [1.82, 2.24) is 29.6 Å². The highest BCUT2D eigenvalue weighted by atomic mass is 16.5. The van der Waals surface area contributed by atoms with Gasteiger partial charge in [0.05, 0.1) is 18.1 Å². The minimum atomic E-state index is -0.176. The van der Waals surface area contributed by atoms with Gasteiger partial charge in [-0.1, -0.05) is 12.1 Å². The Balaban J connectivity index is 1.33. The molecule has 1 atom stereocenters. The third-order valence-electron chi connectivity index (χ3n) is 6.25. The maximum Gasteiger partial charge on any atom is 0.263 e. The fraction of sp³-hybridized carbons (Fsp3) is 0.308. The molecule has 1 aliphatic rings. The zero-order valence-corrected chi connectivity index (χ0v) is 20.6. The second-order valence-corrected chi connectivity index (χ2v) is 9.20. The Kier molecular flexibility index (Phi) is 6.53. The van der Waals surface area contributed by atoms with E-state index in [1.165, 1.54) is 12.5 Å². The summed E-state index contributed by atoms with van der Waals surface area (Å²) in [4.78, 5) is 27.1. The van der Waals surface area contributed by atoms with E-state index in [1.807, 2.05) is 34.9 Å². The van der Waals surface area contributed by atoms with Gasteiger partial charge in [-0.3, -0.25) is 9.69 Å². The molecule has 10 nitrogen and oxygen atoms in total. The van der Waals surface area contributed by atoms with E-state index in [-0.39, 0.29) is 23.6 Å². The summed E-state index contributed by atoms with van der Waals surface area (Å²) in [6, 6.07) is 12.6. The molecular weight excluding hydrogens is 456 g/mol. The van der Waals surface area contributed by atoms with Crippen molar-refractivity contribution in [2.75, 3.05) is 30.7 Å². The lowest BCUT2D eigenvalue weighted by atomic mass is 10.0. The van der Waals surface area contributed by atoms with Crippen LogP contribution in [-0.4, -0.2) is 55.8 Å². The van der Waals surface area contributed by atoms with E-state index in [4.69, 9.17) is 10.5 Å². The zero-order valence-electron chi connectivity index (χ0n) is 20.6. The van der Waals surface area contributed by atoms with Crippen molar-refractivity contribution in [2.24, 2.45) is 0 Å². The summed E-state index contributed by atoms with van der Waals surface area (Å²) in [6.07, 6.45) is 5.21. The van der Waals surface area contributed by atoms with E-state index in [1.54, 1.807) is 12.4 Å². The topological polar surface area (TPSA) is 123 Å². The largest absolute Gasteiger partial charge is 0.436 e. The van der Waals surface area contributed by atoms with Crippen LogP contribution in [0.4, 0.5) is 11.6 Å². The van der Waals surface area contributed by atoms with Crippen molar-refractivity contribution in [3.05, 3.63) is 60.6 Å². The molecule has 1 aliphatic heterocycles. The highest BCUT2D eigenvalue weighted by Gasteiger charge is 2.22. The number of carbonyl (C=O) groups excluding carboxylic acids is 1. The van der Waals surface area contributed by atoms with Gasteiger partial charge in [0.15, 0.2) is 11.6 Å². The Morgan fingerprint density at radius 1 is 1.17 bits per heavy atom. The number of nitrogens with one attached hydrogen (secondary N) is 2. The molecule has 10 heteroatoms. The highest BCUT2D eigenvalue weighted by molar-refractivity contribution is 5.87. The predicted octanol–water partition coefficient (Wildman–Crippen LogP) is 3.48. The summed E-state index contributed by atoms with van der Waals surface area (Å²) in [7, 11) is 0. The number of fused-ring (bicyclic) bond motifs is 1. The lowest BCUT2D eigenvalue weighted by molar-refractivity contribution is -0.114. The molecule has 36 heavy (non-hydrogen) atoms. The number of hydrogen-bond acceptors (Lipinski definition) is 8. The number of benzene rings is 1. The van der Waals surface area contributed by atoms with Gasteiger partial charge in [0.2, 0.25) is 5.91 Å². The van der Waals surface area contributed by atoms with Gasteiger partial charge in [-0.25, -0.2) is 15.0 Å². The second kappa shape index (κ2) is 9.92. The van der Waals surface area contributed by atoms with Crippen LogP contribution in [0, 0.1) is 0 Å². The minimum absolute atomic E-state index is 0.176. The van der Waals surface area contributed by atoms with Crippen LogP contribution < -0.4 is 21.1 Å². The number of nitrogens with zero attached hydrogens (tertiary/aromatic N) is 5. The molecular formula is C26H30N8O2. The third-order valence-corrected chi connectivity index (χ3v) is 6.25. The SMILES string of the molecule is CC(=O)Nc1cn2cc(-c3cnc(N)c(Oc4ccc(C5CN(C(C)C)CCN5)cc4)n3)ccc2n1. The van der Waals surface area contributed by atoms with E-state index < -0.39 is 0 Å². The first-order valence-corrected chi connectivity index (χ1v) is 12.0. The van der Waals surface area contributed by atoms with Gasteiger partial charge < -0.3 is 25.5 Å². The molecule has 186 valence electrons. The van der Waals surface area contributed by atoms with Gasteiger partial charge in [-0.2, -0.15) is 0 Å². The van der Waals surface area contributed by atoms with Gasteiger partial charge in [-0.15, -0.1) is 0 Å². The van der Waals surface area contributed by atoms with Crippen LogP contribution in [0.3, 0.4) is 0 Å². The van der Waals surface area contributed by atoms with Crippen LogP contribution in [0.15, 0.2) is 55.0 Å². The summed E-state index contributed by atoms with van der Waals surface area (Å²) in [5.74, 6) is 1.40. The van der Waals surface area contributed by atoms with Crippen LogP contribution in [0.1, 0.15) is 32.4 Å². The van der Waals surface area contributed by atoms with Crippen LogP contribution >= 0.6 is 0 Å². The van der Waals surface area contributed by atoms with Gasteiger partial charge >= 0.3 is 0 Å². The number of anilines is 2. The van der Waals surface area contributed by atoms with Gasteiger partial charge in [0.1, 0.15) is 11.4 Å². The van der Waals surface area contributed by atoms with E-state index >= 15 is 0 Å². The maximum atomic E-state index is 11.3. The van der Waals surface area contributed by atoms with Crippen LogP contribution in [0.2, 0.25) is 0 Å². The third kappa shape index (κ3) is 5.14. The van der Waals surface area contributed by atoms with Crippen molar-refractivity contribution in [1.29, 1.82) is 0 Å². The molecule has 0 radical (unpaired) electrons. The number of pyridine rings is 1. The average molecular weight is 487 g/mol. The molecule has 1 unspecified atom stereocenters. The Labute approximate surface area is 209 Å². The molecule has 0 bridgehead atoms. The highest BCUT2D eigenvalue weighted by Crippen LogP contribution is 2.29. The lowest BCUT2D eigenvalue weighted by Gasteiger charge is -2.36. The zero-order chi connectivity index (χ0) is 25.2. The molecule has 0 spiro atoms. The van der Waals surface area contributed by atoms with E-state index in [2.05, 4.69) is 56.5 Å². The summed E-state index contributed by atoms with van der Waals surface area (Å²) < 4.78 is 7.83. The van der Waals surface area contributed by atoms with E-state index in [0.717, 1.165) is 25.2 Å². The Hall–Kier alpha value is -4.02. The molecule has 4 N–H and O–H groups in total. The molecule has 1 fully saturated rings. The number of ether oxygens (including phenoxy) is 1. The molecule has 3 aromatic heterocycles. The Bertz CT molecular complexity index is 1380. The monoisotopic (exact) mass is 486 g/mol. The summed E-state index contributed by atoms with van der Waals surface area (Å²) >= 11 is 0. The number of nitrogens with two attached hydrogens (primary N) is 1. The molecule has 4 heterocycles. The molecule has 1 saturated heterocycles. The first-order chi connectivity index (χ1) is 17.4. The normalized spacial score (nSPS) is 16.4. The van der Waals surface area contributed by atoms with Crippen molar-refractivity contribution < 1.29 is 9.53 Å². The van der Waals surface area contributed by atoms with Crippen LogP contribution in [0.5, 0.6) is 11.6 Å². The van der Waals surface area contributed by atoms with Crippen molar-refractivity contribution in [3.8, 4) is 22.9 Å². The number of nitrogen functional groups attached to an aromatic ring is 1. The molecule has 4 aromatic rings. The number of hydrogen-bond donors (Lipinski definition) is 3. The first-order valence-electron chi connectivity index (χ1n) is 12.0. The van der Waals surface area contributed by atoms with Crippen LogP contribution in [0.25, 0.3) is 16.9 Å². The smallest absolute Gasteiger partial charge is 0.263 e. The van der Waals surface area contributed by atoms with E-state index in [9.17, 15) is 4.79 Å². The van der Waals surface area contributed by atoms with Crippen LogP contribution in [-0.2, 0) is 4.79 Å². The van der Waals surface area contributed by atoms with Crippen molar-refractivity contribution in [3.63, 3.8) is 0 Å². The molecule has 5 rings (SSSR count). The number of carbonyl (C=O) groups is 1. The fourth-order valence-corrected chi connectivity index (χ4v) is 4.32. The standard InChI is InChI=1S/C26H30N8O2/c1-16(2)33-11-10-28-22(14-33)18-4-7-20(8-5-18)36-26-25(27)29-12-21(31-26)19-6-9-24-32-23(30-17(3)35)15-34(24)13-19/h4-9,12-13,15-16,22,28H,10-11,14H2,1-3H3,(H2,27,29)(H,30,35). The van der Waals surface area contributed by atoms with Gasteiger partial charge in [-0.05, 0) is 43.7 Å². The van der Waals surface area contributed by atoms with Crippen molar-refractivity contribution >= 4 is 23.2 Å². The molecule has 0 aliphatic carbocycles. The van der Waals surface area contributed by atoms with Gasteiger partial charge in [0.25, 0.3) is 5.88 Å². The predicted molar refractivity (Wildman–Crippen MR) is 139 cm³/mol. The Morgan fingerprint density at radius 3 is 2.72 bits per heavy atom. The summed E-state index contributed by atoms with van der Waals surface area (Å²) in [6.45, 7) is 8.92. The molecule has 0 saturated carbocycles. The minimum Gasteiger partial charge on any atom is -0.436 e. The number of imidazole rings is 1. The van der Waals surface area contributed by atoms with Gasteiger partial charge in [0, 0.05) is 50.4 Å². The summed E-state index contributed by atoms with van der Waals surface area (Å²) in [5, 5.41) is 6.28. The molecule has 1 amide bonds. The first kappa shape index (κ1) is 23.7. The maximum absolute atomic E-state index is 11.3.